The van der Waals surface area contributed by atoms with Gasteiger partial charge in [-0.2, -0.15) is 0 Å². The fourth-order valence-corrected chi connectivity index (χ4v) is 1.19. The van der Waals surface area contributed by atoms with Crippen LogP contribution >= 0.6 is 0 Å². The fraction of sp³-hybridized carbons (Fsp3) is 0.231. The van der Waals surface area contributed by atoms with E-state index in [2.05, 4.69) is 16.6 Å². The third-order valence-electron chi connectivity index (χ3n) is 2.18. The van der Waals surface area contributed by atoms with E-state index in [9.17, 15) is 0 Å². The minimum atomic E-state index is 0.977. The summed E-state index contributed by atoms with van der Waals surface area (Å²) in [4.78, 5) is 8.34. The Balaban J connectivity index is 3.08. The zero-order valence-corrected chi connectivity index (χ0v) is 9.49. The first-order chi connectivity index (χ1) is 7.17. The van der Waals surface area contributed by atoms with Crippen LogP contribution in [0.3, 0.4) is 0 Å². The van der Waals surface area contributed by atoms with E-state index >= 15 is 0 Å². The van der Waals surface area contributed by atoms with E-state index in [1.165, 1.54) is 0 Å². The summed E-state index contributed by atoms with van der Waals surface area (Å²) in [6, 6.07) is 4.03. The molecule has 0 spiro atoms. The number of pyridine rings is 1. The predicted molar refractivity (Wildman–Crippen MR) is 66.2 cm³/mol. The van der Waals surface area contributed by atoms with Gasteiger partial charge in [0.15, 0.2) is 0 Å². The molecule has 0 unspecified atom stereocenters. The highest BCUT2D eigenvalue weighted by molar-refractivity contribution is 6.00. The number of aryl methyl sites for hydroxylation is 1. The highest BCUT2D eigenvalue weighted by Gasteiger charge is 1.98. The van der Waals surface area contributed by atoms with E-state index in [0.29, 0.717) is 0 Å². The summed E-state index contributed by atoms with van der Waals surface area (Å²) < 4.78 is 0. The van der Waals surface area contributed by atoms with Crippen LogP contribution in [0.25, 0.3) is 5.57 Å². The molecule has 15 heavy (non-hydrogen) atoms. The molecule has 0 fully saturated rings. The van der Waals surface area contributed by atoms with Gasteiger partial charge in [0, 0.05) is 30.2 Å². The first-order valence-corrected chi connectivity index (χ1v) is 4.88. The molecule has 0 aliphatic heterocycles. The molecule has 0 aliphatic carbocycles. The van der Waals surface area contributed by atoms with Crippen molar-refractivity contribution in [1.29, 1.82) is 0 Å². The highest BCUT2D eigenvalue weighted by atomic mass is 14.7. The van der Waals surface area contributed by atoms with Gasteiger partial charge in [-0.1, -0.05) is 18.7 Å². The quantitative estimate of drug-likeness (QED) is 0.544. The van der Waals surface area contributed by atoms with E-state index < -0.39 is 0 Å². The van der Waals surface area contributed by atoms with Crippen LogP contribution in [0.1, 0.15) is 18.2 Å². The van der Waals surface area contributed by atoms with Crippen molar-refractivity contribution < 1.29 is 0 Å². The van der Waals surface area contributed by atoms with Gasteiger partial charge in [-0.25, -0.2) is 0 Å². The lowest BCUT2D eigenvalue weighted by atomic mass is 10.1. The van der Waals surface area contributed by atoms with Gasteiger partial charge in [-0.05, 0) is 31.6 Å². The van der Waals surface area contributed by atoms with E-state index in [4.69, 9.17) is 0 Å². The van der Waals surface area contributed by atoms with Gasteiger partial charge in [-0.15, -0.1) is 0 Å². The Morgan fingerprint density at radius 3 is 2.67 bits per heavy atom. The topological polar surface area (TPSA) is 25.2 Å². The number of aromatic nitrogens is 1. The number of nitrogens with zero attached hydrogens (tertiary/aromatic N) is 2. The molecule has 0 bridgehead atoms. The van der Waals surface area contributed by atoms with Crippen LogP contribution in [0, 0.1) is 6.92 Å². The average Bonchev–Trinajstić information content (AvgIpc) is 2.27. The molecule has 0 N–H and O–H groups in total. The van der Waals surface area contributed by atoms with Crippen LogP contribution in [-0.4, -0.2) is 17.7 Å². The molecule has 0 amide bonds. The molecule has 0 saturated heterocycles. The smallest absolute Gasteiger partial charge is 0.0373 e. The summed E-state index contributed by atoms with van der Waals surface area (Å²) in [5.74, 6) is 0. The lowest BCUT2D eigenvalue weighted by Gasteiger charge is -2.02. The summed E-state index contributed by atoms with van der Waals surface area (Å²) in [7, 11) is 1.78. The van der Waals surface area contributed by atoms with Crippen molar-refractivity contribution in [3.8, 4) is 0 Å². The Morgan fingerprint density at radius 1 is 1.47 bits per heavy atom. The fourth-order valence-electron chi connectivity index (χ4n) is 1.19. The summed E-state index contributed by atoms with van der Waals surface area (Å²) in [5.41, 5.74) is 4.11. The van der Waals surface area contributed by atoms with Crippen LogP contribution in [0.5, 0.6) is 0 Å². The molecule has 0 atom stereocenters. The lowest BCUT2D eigenvalue weighted by molar-refractivity contribution is 1.19. The van der Waals surface area contributed by atoms with Crippen LogP contribution in [-0.2, 0) is 0 Å². The van der Waals surface area contributed by atoms with E-state index in [1.807, 2.05) is 44.3 Å². The number of allylic oxidation sites excluding steroid dienone is 3. The minimum Gasteiger partial charge on any atom is -0.293 e. The summed E-state index contributed by atoms with van der Waals surface area (Å²) >= 11 is 0. The highest BCUT2D eigenvalue weighted by Crippen LogP contribution is 2.14. The van der Waals surface area contributed by atoms with Crippen LogP contribution in [0.4, 0.5) is 0 Å². The second-order valence-electron chi connectivity index (χ2n) is 3.36. The lowest BCUT2D eigenvalue weighted by Crippen LogP contribution is -1.90. The molecule has 1 aromatic rings. The monoisotopic (exact) mass is 200 g/mol. The molecule has 2 heteroatoms. The van der Waals surface area contributed by atoms with Crippen molar-refractivity contribution in [3.05, 3.63) is 48.3 Å². The third kappa shape index (κ3) is 3.17. The molecular weight excluding hydrogens is 184 g/mol. The van der Waals surface area contributed by atoms with Gasteiger partial charge < -0.3 is 0 Å². The number of aliphatic imine (C=N–C) groups is 1. The Bertz CT molecular complexity index is 397. The minimum absolute atomic E-state index is 0.977. The zero-order valence-electron chi connectivity index (χ0n) is 9.49. The van der Waals surface area contributed by atoms with Crippen LogP contribution in [0.15, 0.2) is 42.1 Å². The maximum atomic E-state index is 4.25. The number of hydrogen-bond acceptors (Lipinski definition) is 2. The van der Waals surface area contributed by atoms with Gasteiger partial charge in [0.05, 0.1) is 0 Å². The maximum Gasteiger partial charge on any atom is 0.0373 e. The Hall–Kier alpha value is -1.70. The Kier molecular flexibility index (Phi) is 3.98. The third-order valence-corrected chi connectivity index (χ3v) is 2.18. The van der Waals surface area contributed by atoms with E-state index in [0.717, 1.165) is 22.5 Å². The second-order valence-corrected chi connectivity index (χ2v) is 3.36. The van der Waals surface area contributed by atoms with E-state index in [1.54, 1.807) is 7.05 Å². The molecule has 1 rings (SSSR count). The van der Waals surface area contributed by atoms with Gasteiger partial charge in [0.25, 0.3) is 0 Å². The first-order valence-electron chi connectivity index (χ1n) is 4.88. The Labute approximate surface area is 91.1 Å². The predicted octanol–water partition coefficient (Wildman–Crippen LogP) is 3.05. The summed E-state index contributed by atoms with van der Waals surface area (Å²) in [5, 5.41) is 0. The van der Waals surface area contributed by atoms with Crippen LogP contribution < -0.4 is 0 Å². The molecule has 1 aromatic heterocycles. The van der Waals surface area contributed by atoms with Gasteiger partial charge in [0.1, 0.15) is 0 Å². The number of hydrogen-bond donors (Lipinski definition) is 0. The molecule has 2 nitrogen and oxygen atoms in total. The van der Waals surface area contributed by atoms with E-state index in [-0.39, 0.29) is 0 Å². The molecule has 1 heterocycles. The molecular formula is C13H16N2. The van der Waals surface area contributed by atoms with Crippen molar-refractivity contribution in [2.75, 3.05) is 7.05 Å². The van der Waals surface area contributed by atoms with Gasteiger partial charge in [0.2, 0.25) is 0 Å². The van der Waals surface area contributed by atoms with Crippen LogP contribution in [0.2, 0.25) is 0 Å². The largest absolute Gasteiger partial charge is 0.293 e. The molecule has 0 aliphatic rings. The molecule has 0 radical (unpaired) electrons. The summed E-state index contributed by atoms with van der Waals surface area (Å²) in [6.07, 6.45) is 5.67. The average molecular weight is 200 g/mol. The van der Waals surface area contributed by atoms with Crippen molar-refractivity contribution >= 4 is 11.3 Å². The SMILES string of the molecule is C=C/C(=C\C(C)=NC)c1ccc(C)nc1. The van der Waals surface area contributed by atoms with Crippen molar-refractivity contribution in [1.82, 2.24) is 4.98 Å². The normalized spacial score (nSPS) is 12.7. The van der Waals surface area contributed by atoms with Gasteiger partial charge >= 0.3 is 0 Å². The Morgan fingerprint density at radius 2 is 2.20 bits per heavy atom. The van der Waals surface area contributed by atoms with Crippen molar-refractivity contribution in [2.45, 2.75) is 13.8 Å². The zero-order chi connectivity index (χ0) is 11.3. The standard InChI is InChI=1S/C13H16N2/c1-5-12(8-11(3)14-4)13-7-6-10(2)15-9-13/h5-9H,1H2,2-4H3/b12-8+,14-11?. The van der Waals surface area contributed by atoms with Gasteiger partial charge in [-0.3, -0.25) is 9.98 Å². The summed E-state index contributed by atoms with van der Waals surface area (Å²) in [6.45, 7) is 7.73. The maximum absolute atomic E-state index is 4.25. The number of rotatable bonds is 3. The molecule has 0 aromatic carbocycles. The van der Waals surface area contributed by atoms with Crippen molar-refractivity contribution in [2.24, 2.45) is 4.99 Å². The molecule has 78 valence electrons. The first kappa shape index (κ1) is 11.4. The molecule has 0 saturated carbocycles. The second kappa shape index (κ2) is 5.25. The van der Waals surface area contributed by atoms with Crippen molar-refractivity contribution in [3.63, 3.8) is 0 Å².